The summed E-state index contributed by atoms with van der Waals surface area (Å²) < 4.78 is 0. The van der Waals surface area contributed by atoms with Crippen molar-refractivity contribution in [1.82, 2.24) is 20.0 Å². The van der Waals surface area contributed by atoms with Crippen molar-refractivity contribution in [2.45, 2.75) is 0 Å². The summed E-state index contributed by atoms with van der Waals surface area (Å²) in [6, 6.07) is -0.287. The van der Waals surface area contributed by atoms with E-state index in [1.54, 1.807) is 4.90 Å². The minimum atomic E-state index is -1.02. The van der Waals surface area contributed by atoms with Gasteiger partial charge in [0.2, 0.25) is 0 Å². The van der Waals surface area contributed by atoms with Gasteiger partial charge in [0.05, 0.1) is 0 Å². The maximum atomic E-state index is 11.6. The minimum Gasteiger partial charge on any atom is -0.480 e. The number of nitrogens with one attached hydrogen (secondary N) is 1. The Bertz CT molecular complexity index is 288. The van der Waals surface area contributed by atoms with Crippen LogP contribution in [0.25, 0.3) is 0 Å². The molecule has 104 valence electrons. The Morgan fingerprint density at radius 1 is 1.22 bits per heavy atom. The van der Waals surface area contributed by atoms with Gasteiger partial charge in [-0.2, -0.15) is 0 Å². The highest BCUT2D eigenvalue weighted by Crippen LogP contribution is 2.01. The second-order valence-corrected chi connectivity index (χ2v) is 4.68. The van der Waals surface area contributed by atoms with E-state index in [9.17, 15) is 9.59 Å². The third-order valence-corrected chi connectivity index (χ3v) is 2.91. The molecule has 7 heteroatoms. The summed E-state index contributed by atoms with van der Waals surface area (Å²) in [7, 11) is 4.07. The molecule has 0 bridgehead atoms. The molecule has 0 radical (unpaired) electrons. The zero-order valence-corrected chi connectivity index (χ0v) is 11.1. The number of rotatable bonds is 5. The van der Waals surface area contributed by atoms with E-state index >= 15 is 0 Å². The predicted octanol–water partition coefficient (Wildman–Crippen LogP) is -1.04. The van der Waals surface area contributed by atoms with Crippen LogP contribution in [0, 0.1) is 0 Å². The number of amides is 2. The molecule has 0 spiro atoms. The smallest absolute Gasteiger partial charge is 0.323 e. The van der Waals surface area contributed by atoms with Gasteiger partial charge >= 0.3 is 12.0 Å². The molecule has 0 unspecified atom stereocenters. The molecule has 0 aromatic carbocycles. The van der Waals surface area contributed by atoms with Gasteiger partial charge in [-0.3, -0.25) is 9.69 Å². The first-order chi connectivity index (χ1) is 8.49. The van der Waals surface area contributed by atoms with Crippen molar-refractivity contribution in [3.63, 3.8) is 0 Å². The number of nitrogens with zero attached hydrogens (tertiary/aromatic N) is 3. The Labute approximate surface area is 107 Å². The molecule has 0 aromatic rings. The van der Waals surface area contributed by atoms with Crippen molar-refractivity contribution in [3.8, 4) is 0 Å². The van der Waals surface area contributed by atoms with Gasteiger partial charge in [0, 0.05) is 39.3 Å². The van der Waals surface area contributed by atoms with Crippen LogP contribution < -0.4 is 5.32 Å². The normalized spacial score (nSPS) is 16.9. The first kappa shape index (κ1) is 14.7. The van der Waals surface area contributed by atoms with Crippen LogP contribution >= 0.6 is 0 Å². The highest BCUT2D eigenvalue weighted by atomic mass is 16.4. The summed E-state index contributed by atoms with van der Waals surface area (Å²) >= 11 is 0. The zero-order valence-electron chi connectivity index (χ0n) is 11.1. The van der Waals surface area contributed by atoms with Crippen LogP contribution in [-0.2, 0) is 4.79 Å². The van der Waals surface area contributed by atoms with Gasteiger partial charge in [0.25, 0.3) is 0 Å². The molecule has 2 N–H and O–H groups in total. The average molecular weight is 258 g/mol. The fourth-order valence-corrected chi connectivity index (χ4v) is 1.78. The van der Waals surface area contributed by atoms with Gasteiger partial charge in [0.1, 0.15) is 6.54 Å². The van der Waals surface area contributed by atoms with Crippen molar-refractivity contribution in [3.05, 3.63) is 0 Å². The number of urea groups is 1. The second kappa shape index (κ2) is 7.17. The van der Waals surface area contributed by atoms with Crippen LogP contribution in [0.3, 0.4) is 0 Å². The fraction of sp³-hybridized carbons (Fsp3) is 0.818. The molecule has 0 saturated carbocycles. The first-order valence-corrected chi connectivity index (χ1v) is 6.10. The number of hydrogen-bond donors (Lipinski definition) is 2. The van der Waals surface area contributed by atoms with Gasteiger partial charge in [-0.15, -0.1) is 0 Å². The lowest BCUT2D eigenvalue weighted by Crippen LogP contribution is -2.53. The van der Waals surface area contributed by atoms with Crippen LogP contribution in [-0.4, -0.2) is 91.7 Å². The molecular formula is C11H22N4O3. The van der Waals surface area contributed by atoms with E-state index in [4.69, 9.17) is 5.11 Å². The number of piperazine rings is 1. The summed E-state index contributed by atoms with van der Waals surface area (Å²) in [4.78, 5) is 28.0. The number of carboxylic acid groups (broad SMARTS) is 1. The van der Waals surface area contributed by atoms with Gasteiger partial charge in [0.15, 0.2) is 0 Å². The zero-order chi connectivity index (χ0) is 13.5. The molecule has 1 fully saturated rings. The molecule has 1 heterocycles. The van der Waals surface area contributed by atoms with E-state index in [0.29, 0.717) is 13.1 Å². The third-order valence-electron chi connectivity index (χ3n) is 2.91. The monoisotopic (exact) mass is 258 g/mol. The number of aliphatic carboxylic acids is 1. The molecule has 0 aromatic heterocycles. The standard InChI is InChI=1S/C11H22N4O3/c1-13(2)3-4-14-5-7-15(8-6-14)11(18)12-9-10(16)17/h3-9H2,1-2H3,(H,12,18)(H,16,17). The molecule has 1 aliphatic heterocycles. The quantitative estimate of drug-likeness (QED) is 0.659. The van der Waals surface area contributed by atoms with E-state index in [-0.39, 0.29) is 12.6 Å². The molecule has 18 heavy (non-hydrogen) atoms. The molecule has 1 rings (SSSR count). The minimum absolute atomic E-state index is 0.287. The topological polar surface area (TPSA) is 76.1 Å². The molecule has 7 nitrogen and oxygen atoms in total. The summed E-state index contributed by atoms with van der Waals surface area (Å²) in [5.74, 6) is -1.02. The number of hydrogen-bond acceptors (Lipinski definition) is 4. The molecule has 1 saturated heterocycles. The number of likely N-dealkylation sites (N-methyl/N-ethyl adjacent to an activating group) is 1. The van der Waals surface area contributed by atoms with Crippen LogP contribution in [0.15, 0.2) is 0 Å². The summed E-state index contributed by atoms with van der Waals surface area (Å²) in [6.07, 6.45) is 0. The summed E-state index contributed by atoms with van der Waals surface area (Å²) in [6.45, 7) is 4.67. The van der Waals surface area contributed by atoms with Gasteiger partial charge in [-0.1, -0.05) is 0 Å². The number of carboxylic acids is 1. The van der Waals surface area contributed by atoms with Crippen molar-refractivity contribution in [2.24, 2.45) is 0 Å². The first-order valence-electron chi connectivity index (χ1n) is 6.10. The van der Waals surface area contributed by atoms with Crippen molar-refractivity contribution < 1.29 is 14.7 Å². The van der Waals surface area contributed by atoms with E-state index < -0.39 is 5.97 Å². The molecule has 0 atom stereocenters. The Balaban J connectivity index is 2.22. The van der Waals surface area contributed by atoms with Crippen LogP contribution in [0.5, 0.6) is 0 Å². The van der Waals surface area contributed by atoms with Gasteiger partial charge in [-0.05, 0) is 14.1 Å². The maximum Gasteiger partial charge on any atom is 0.323 e. The largest absolute Gasteiger partial charge is 0.480 e. The van der Waals surface area contributed by atoms with E-state index in [0.717, 1.165) is 26.2 Å². The van der Waals surface area contributed by atoms with Gasteiger partial charge in [-0.25, -0.2) is 4.79 Å². The Kier molecular flexibility index (Phi) is 5.87. The maximum absolute atomic E-state index is 11.6. The third kappa shape index (κ3) is 5.33. The SMILES string of the molecule is CN(C)CCN1CCN(C(=O)NCC(=O)O)CC1. The Morgan fingerprint density at radius 2 is 1.83 bits per heavy atom. The molecule has 2 amide bonds. The summed E-state index contributed by atoms with van der Waals surface area (Å²) in [5, 5.41) is 10.9. The highest BCUT2D eigenvalue weighted by Gasteiger charge is 2.20. The Morgan fingerprint density at radius 3 is 2.33 bits per heavy atom. The lowest BCUT2D eigenvalue weighted by molar-refractivity contribution is -0.135. The average Bonchev–Trinajstić information content (AvgIpc) is 2.34. The lowest BCUT2D eigenvalue weighted by Gasteiger charge is -2.35. The predicted molar refractivity (Wildman–Crippen MR) is 67.6 cm³/mol. The number of carbonyl (C=O) groups excluding carboxylic acids is 1. The lowest BCUT2D eigenvalue weighted by atomic mass is 10.3. The molecule has 1 aliphatic rings. The summed E-state index contributed by atoms with van der Waals surface area (Å²) in [5.41, 5.74) is 0. The van der Waals surface area contributed by atoms with E-state index in [1.165, 1.54) is 0 Å². The second-order valence-electron chi connectivity index (χ2n) is 4.68. The Hall–Kier alpha value is -1.34. The van der Waals surface area contributed by atoms with Crippen molar-refractivity contribution in [2.75, 3.05) is 59.9 Å². The van der Waals surface area contributed by atoms with E-state index in [1.807, 2.05) is 14.1 Å². The van der Waals surface area contributed by atoms with Crippen molar-refractivity contribution in [1.29, 1.82) is 0 Å². The van der Waals surface area contributed by atoms with Crippen LogP contribution in [0.4, 0.5) is 4.79 Å². The van der Waals surface area contributed by atoms with Gasteiger partial charge < -0.3 is 20.2 Å². The van der Waals surface area contributed by atoms with Crippen molar-refractivity contribution >= 4 is 12.0 Å². The molecule has 0 aliphatic carbocycles. The fourth-order valence-electron chi connectivity index (χ4n) is 1.78. The number of carbonyl (C=O) groups is 2. The van der Waals surface area contributed by atoms with E-state index in [2.05, 4.69) is 15.1 Å². The van der Waals surface area contributed by atoms with Crippen LogP contribution in [0.2, 0.25) is 0 Å². The molecular weight excluding hydrogens is 236 g/mol. The van der Waals surface area contributed by atoms with Crippen LogP contribution in [0.1, 0.15) is 0 Å². The highest BCUT2D eigenvalue weighted by molar-refractivity contribution is 5.80.